The van der Waals surface area contributed by atoms with Crippen LogP contribution in [0.1, 0.15) is 72.3 Å². The zero-order valence-corrected chi connectivity index (χ0v) is 16.0. The summed E-state index contributed by atoms with van der Waals surface area (Å²) in [7, 11) is 0. The Balaban J connectivity index is 1.45. The standard InChI is InChI=1S/C19H19F3N6O2/c1-10(24-17(29)14-9-15(27-26-14)19(20,21)22)18-25-16(28-30-18)12-6-7-23-13(8-12)11-4-2-3-5-11/h6-11H,2-5H2,1H3,(H,24,29)(H,26,27)/t10-/m0/s1. The predicted molar refractivity (Wildman–Crippen MR) is 98.2 cm³/mol. The van der Waals surface area contributed by atoms with Crippen molar-refractivity contribution in [2.24, 2.45) is 0 Å². The summed E-state index contributed by atoms with van der Waals surface area (Å²) in [6.45, 7) is 1.59. The molecule has 4 rings (SSSR count). The Hall–Kier alpha value is -3.24. The third-order valence-corrected chi connectivity index (χ3v) is 5.09. The van der Waals surface area contributed by atoms with E-state index < -0.39 is 23.8 Å². The van der Waals surface area contributed by atoms with E-state index in [0.717, 1.165) is 24.1 Å². The van der Waals surface area contributed by atoms with Crippen LogP contribution in [-0.2, 0) is 6.18 Å². The molecule has 3 aromatic rings. The maximum absolute atomic E-state index is 12.6. The molecule has 1 atom stereocenters. The van der Waals surface area contributed by atoms with Gasteiger partial charge in [-0.05, 0) is 31.9 Å². The summed E-state index contributed by atoms with van der Waals surface area (Å²) in [5.74, 6) is 0.127. The number of nitrogens with zero attached hydrogens (tertiary/aromatic N) is 4. The first-order chi connectivity index (χ1) is 14.3. The highest BCUT2D eigenvalue weighted by Crippen LogP contribution is 2.34. The summed E-state index contributed by atoms with van der Waals surface area (Å²) in [6, 6.07) is 3.64. The van der Waals surface area contributed by atoms with Crippen molar-refractivity contribution in [2.75, 3.05) is 0 Å². The molecule has 11 heteroatoms. The molecule has 1 aliphatic carbocycles. The van der Waals surface area contributed by atoms with Gasteiger partial charge >= 0.3 is 6.18 Å². The van der Waals surface area contributed by atoms with Crippen LogP contribution in [0.2, 0.25) is 0 Å². The van der Waals surface area contributed by atoms with E-state index in [-0.39, 0.29) is 11.6 Å². The summed E-state index contributed by atoms with van der Waals surface area (Å²) in [4.78, 5) is 20.9. The maximum atomic E-state index is 12.6. The third kappa shape index (κ3) is 4.19. The molecule has 30 heavy (non-hydrogen) atoms. The van der Waals surface area contributed by atoms with Crippen molar-refractivity contribution in [3.05, 3.63) is 47.4 Å². The number of halogens is 3. The summed E-state index contributed by atoms with van der Waals surface area (Å²) in [5.41, 5.74) is 0.264. The largest absolute Gasteiger partial charge is 0.432 e. The van der Waals surface area contributed by atoms with Crippen LogP contribution in [0, 0.1) is 0 Å². The Morgan fingerprint density at radius 2 is 2.07 bits per heavy atom. The summed E-state index contributed by atoms with van der Waals surface area (Å²) < 4.78 is 43.2. The van der Waals surface area contributed by atoms with Crippen molar-refractivity contribution < 1.29 is 22.5 Å². The summed E-state index contributed by atoms with van der Waals surface area (Å²) >= 11 is 0. The first-order valence-corrected chi connectivity index (χ1v) is 9.54. The number of hydrogen-bond donors (Lipinski definition) is 2. The number of pyridine rings is 1. The average molecular weight is 420 g/mol. The second-order valence-corrected chi connectivity index (χ2v) is 7.27. The molecule has 1 amide bonds. The van der Waals surface area contributed by atoms with Gasteiger partial charge in [-0.3, -0.25) is 14.9 Å². The SMILES string of the molecule is C[C@H](NC(=O)c1cc(C(F)(F)F)[nH]n1)c1nc(-c2ccnc(C3CCCC3)c2)no1. The van der Waals surface area contributed by atoms with Crippen LogP contribution in [0.5, 0.6) is 0 Å². The lowest BCUT2D eigenvalue weighted by Gasteiger charge is -2.08. The molecule has 158 valence electrons. The minimum atomic E-state index is -4.61. The van der Waals surface area contributed by atoms with E-state index in [0.29, 0.717) is 17.8 Å². The zero-order valence-electron chi connectivity index (χ0n) is 16.0. The number of H-pyrrole nitrogens is 1. The van der Waals surface area contributed by atoms with Crippen molar-refractivity contribution in [1.82, 2.24) is 30.6 Å². The first-order valence-electron chi connectivity index (χ1n) is 9.54. The molecular formula is C19H19F3N6O2. The van der Waals surface area contributed by atoms with Crippen LogP contribution in [0.15, 0.2) is 28.9 Å². The summed E-state index contributed by atoms with van der Waals surface area (Å²) in [5, 5.41) is 11.7. The van der Waals surface area contributed by atoms with Crippen LogP contribution < -0.4 is 5.32 Å². The Bertz CT molecular complexity index is 1040. The van der Waals surface area contributed by atoms with Gasteiger partial charge in [0.2, 0.25) is 11.7 Å². The Morgan fingerprint density at radius 1 is 1.30 bits per heavy atom. The van der Waals surface area contributed by atoms with Gasteiger partial charge in [-0.25, -0.2) is 0 Å². The minimum absolute atomic E-state index is 0.129. The number of hydrogen-bond acceptors (Lipinski definition) is 6. The second-order valence-electron chi connectivity index (χ2n) is 7.27. The first kappa shape index (κ1) is 20.0. The third-order valence-electron chi connectivity index (χ3n) is 5.09. The molecule has 0 bridgehead atoms. The summed E-state index contributed by atoms with van der Waals surface area (Å²) in [6.07, 6.45) is 1.71. The van der Waals surface area contributed by atoms with Gasteiger partial charge in [0, 0.05) is 29.4 Å². The monoisotopic (exact) mass is 420 g/mol. The van der Waals surface area contributed by atoms with Gasteiger partial charge < -0.3 is 9.84 Å². The van der Waals surface area contributed by atoms with Gasteiger partial charge in [0.25, 0.3) is 5.91 Å². The number of nitrogens with one attached hydrogen (secondary N) is 2. The zero-order chi connectivity index (χ0) is 21.3. The number of carbonyl (C=O) groups excluding carboxylic acids is 1. The predicted octanol–water partition coefficient (Wildman–Crippen LogP) is 4.02. The lowest BCUT2D eigenvalue weighted by atomic mass is 10.0. The average Bonchev–Trinajstić information content (AvgIpc) is 3.49. The quantitative estimate of drug-likeness (QED) is 0.645. The topological polar surface area (TPSA) is 110 Å². The molecule has 0 radical (unpaired) electrons. The maximum Gasteiger partial charge on any atom is 0.432 e. The smallest absolute Gasteiger partial charge is 0.339 e. The molecule has 1 aliphatic rings. The lowest BCUT2D eigenvalue weighted by Crippen LogP contribution is -2.27. The van der Waals surface area contributed by atoms with E-state index in [1.807, 2.05) is 6.07 Å². The van der Waals surface area contributed by atoms with Crippen molar-refractivity contribution >= 4 is 5.91 Å². The lowest BCUT2D eigenvalue weighted by molar-refractivity contribution is -0.141. The molecule has 8 nitrogen and oxygen atoms in total. The molecule has 2 N–H and O–H groups in total. The van der Waals surface area contributed by atoms with Crippen LogP contribution in [0.4, 0.5) is 13.2 Å². The van der Waals surface area contributed by atoms with Crippen LogP contribution in [0.25, 0.3) is 11.4 Å². The Morgan fingerprint density at radius 3 is 2.77 bits per heavy atom. The van der Waals surface area contributed by atoms with Crippen LogP contribution >= 0.6 is 0 Å². The molecule has 0 saturated heterocycles. The Labute approximate surface area is 169 Å². The Kier molecular flexibility index (Phi) is 5.27. The fourth-order valence-corrected chi connectivity index (χ4v) is 3.48. The van der Waals surface area contributed by atoms with Crippen molar-refractivity contribution in [3.63, 3.8) is 0 Å². The fraction of sp³-hybridized carbons (Fsp3) is 0.421. The molecule has 0 aliphatic heterocycles. The minimum Gasteiger partial charge on any atom is -0.339 e. The van der Waals surface area contributed by atoms with E-state index in [1.165, 1.54) is 12.8 Å². The van der Waals surface area contributed by atoms with Gasteiger partial charge in [0.1, 0.15) is 11.7 Å². The van der Waals surface area contributed by atoms with E-state index in [1.54, 1.807) is 24.3 Å². The number of amides is 1. The number of aromatic nitrogens is 5. The van der Waals surface area contributed by atoms with Crippen molar-refractivity contribution in [3.8, 4) is 11.4 Å². The molecule has 1 fully saturated rings. The highest BCUT2D eigenvalue weighted by Gasteiger charge is 2.34. The van der Waals surface area contributed by atoms with E-state index in [2.05, 4.69) is 25.5 Å². The molecule has 3 heterocycles. The van der Waals surface area contributed by atoms with E-state index in [4.69, 9.17) is 4.52 Å². The van der Waals surface area contributed by atoms with E-state index >= 15 is 0 Å². The number of rotatable bonds is 5. The molecule has 0 spiro atoms. The van der Waals surface area contributed by atoms with Gasteiger partial charge in [-0.2, -0.15) is 23.3 Å². The van der Waals surface area contributed by atoms with Gasteiger partial charge in [-0.1, -0.05) is 18.0 Å². The molecule has 3 aromatic heterocycles. The van der Waals surface area contributed by atoms with Gasteiger partial charge in [0.15, 0.2) is 5.69 Å². The number of carbonyl (C=O) groups is 1. The van der Waals surface area contributed by atoms with Crippen molar-refractivity contribution in [1.29, 1.82) is 0 Å². The van der Waals surface area contributed by atoms with Crippen LogP contribution in [0.3, 0.4) is 0 Å². The number of alkyl halides is 3. The molecule has 1 saturated carbocycles. The molecule has 0 unspecified atom stereocenters. The van der Waals surface area contributed by atoms with Gasteiger partial charge in [0.05, 0.1) is 0 Å². The molecule has 0 aromatic carbocycles. The number of aromatic amines is 1. The van der Waals surface area contributed by atoms with Gasteiger partial charge in [-0.15, -0.1) is 0 Å². The molecular weight excluding hydrogens is 401 g/mol. The normalized spacial score (nSPS) is 16.0. The van der Waals surface area contributed by atoms with Crippen molar-refractivity contribution in [2.45, 2.75) is 50.7 Å². The van der Waals surface area contributed by atoms with Crippen LogP contribution in [-0.4, -0.2) is 31.2 Å². The highest BCUT2D eigenvalue weighted by atomic mass is 19.4. The van der Waals surface area contributed by atoms with E-state index in [9.17, 15) is 18.0 Å². The highest BCUT2D eigenvalue weighted by molar-refractivity contribution is 5.92. The second kappa shape index (κ2) is 7.88. The fourth-order valence-electron chi connectivity index (χ4n) is 3.48.